The van der Waals surface area contributed by atoms with Crippen molar-refractivity contribution in [1.29, 1.82) is 0 Å². The van der Waals surface area contributed by atoms with Crippen molar-refractivity contribution < 1.29 is 14.2 Å². The van der Waals surface area contributed by atoms with Gasteiger partial charge in [-0.15, -0.1) is 0 Å². The molecule has 0 aromatic rings. The summed E-state index contributed by atoms with van der Waals surface area (Å²) in [5, 5.41) is 0. The van der Waals surface area contributed by atoms with Gasteiger partial charge in [0.25, 0.3) is 5.97 Å². The molecule has 0 aromatic carbocycles. The second kappa shape index (κ2) is 5.58. The molecule has 4 heteroatoms. The lowest BCUT2D eigenvalue weighted by atomic mass is 10.00. The minimum Gasteiger partial charge on any atom is -0.331 e. The lowest BCUT2D eigenvalue weighted by Crippen LogP contribution is -2.35. The van der Waals surface area contributed by atoms with E-state index in [2.05, 4.69) is 7.85 Å². The highest BCUT2D eigenvalue weighted by Gasteiger charge is 2.27. The molecule has 0 aliphatic rings. The zero-order chi connectivity index (χ0) is 8.74. The molecule has 0 bridgehead atoms. The van der Waals surface area contributed by atoms with Crippen molar-refractivity contribution in [2.24, 2.45) is 0 Å². The zero-order valence-electron chi connectivity index (χ0n) is 7.85. The van der Waals surface area contributed by atoms with Gasteiger partial charge in [-0.05, 0) is 0 Å². The van der Waals surface area contributed by atoms with Crippen LogP contribution in [0, 0.1) is 0 Å². The monoisotopic (exact) mass is 160 g/mol. The molecule has 0 N–H and O–H groups in total. The number of hydrogen-bond donors (Lipinski definition) is 0. The van der Waals surface area contributed by atoms with Gasteiger partial charge in [0.15, 0.2) is 0 Å². The van der Waals surface area contributed by atoms with E-state index >= 15 is 0 Å². The summed E-state index contributed by atoms with van der Waals surface area (Å²) in [6.45, 7) is 0. The van der Waals surface area contributed by atoms with E-state index < -0.39 is 5.97 Å². The predicted molar refractivity (Wildman–Crippen MR) is 46.3 cm³/mol. The molecule has 0 atom stereocenters. The maximum atomic E-state index is 5.09. The van der Waals surface area contributed by atoms with Gasteiger partial charge >= 0.3 is 0 Å². The molecule has 11 heavy (non-hydrogen) atoms. The van der Waals surface area contributed by atoms with E-state index in [9.17, 15) is 0 Å². The van der Waals surface area contributed by atoms with Gasteiger partial charge in [0.2, 0.25) is 0 Å². The lowest BCUT2D eigenvalue weighted by molar-refractivity contribution is -0.354. The topological polar surface area (TPSA) is 27.7 Å². The third-order valence-corrected chi connectivity index (χ3v) is 1.77. The van der Waals surface area contributed by atoms with E-state index in [1.807, 2.05) is 0 Å². The molecular formula is C7H17BO3. The van der Waals surface area contributed by atoms with Crippen LogP contribution in [0.25, 0.3) is 0 Å². The molecule has 0 radical (unpaired) electrons. The van der Waals surface area contributed by atoms with Crippen molar-refractivity contribution in [1.82, 2.24) is 0 Å². The Hall–Kier alpha value is -0.0551. The van der Waals surface area contributed by atoms with Crippen LogP contribution in [0.15, 0.2) is 0 Å². The van der Waals surface area contributed by atoms with E-state index in [1.54, 1.807) is 21.3 Å². The van der Waals surface area contributed by atoms with Crippen molar-refractivity contribution in [2.75, 3.05) is 21.3 Å². The summed E-state index contributed by atoms with van der Waals surface area (Å²) in [6, 6.07) is 0. The average molecular weight is 160 g/mol. The third kappa shape index (κ3) is 3.23. The van der Waals surface area contributed by atoms with Gasteiger partial charge in [-0.25, -0.2) is 0 Å². The molecule has 0 saturated carbocycles. The molecule has 0 fully saturated rings. The fourth-order valence-electron chi connectivity index (χ4n) is 0.949. The number of ether oxygens (including phenoxy) is 3. The molecule has 3 nitrogen and oxygen atoms in total. The van der Waals surface area contributed by atoms with Crippen LogP contribution in [0.3, 0.4) is 0 Å². The quantitative estimate of drug-likeness (QED) is 0.416. The minimum absolute atomic E-state index is 0.771. The van der Waals surface area contributed by atoms with Crippen molar-refractivity contribution in [2.45, 2.75) is 25.1 Å². The normalized spacial score (nSPS) is 11.9. The van der Waals surface area contributed by atoms with Crippen LogP contribution in [0.1, 0.15) is 12.8 Å². The lowest BCUT2D eigenvalue weighted by Gasteiger charge is -2.28. The van der Waals surface area contributed by atoms with E-state index in [0.29, 0.717) is 0 Å². The Morgan fingerprint density at radius 2 is 1.55 bits per heavy atom. The molecule has 66 valence electrons. The summed E-state index contributed by atoms with van der Waals surface area (Å²) in [5.74, 6) is -0.823. The number of hydrogen-bond acceptors (Lipinski definition) is 3. The molecular weight excluding hydrogens is 143 g/mol. The third-order valence-electron chi connectivity index (χ3n) is 1.77. The highest BCUT2D eigenvalue weighted by Crippen LogP contribution is 2.19. The molecule has 0 amide bonds. The van der Waals surface area contributed by atoms with Gasteiger partial charge in [0.1, 0.15) is 7.85 Å². The highest BCUT2D eigenvalue weighted by atomic mass is 16.9. The molecule has 0 spiro atoms. The maximum Gasteiger partial charge on any atom is 0.282 e. The second-order valence-corrected chi connectivity index (χ2v) is 2.40. The Balaban J connectivity index is 3.84. The molecule has 0 rings (SSSR count). The summed E-state index contributed by atoms with van der Waals surface area (Å²) in [4.78, 5) is 0. The SMILES string of the molecule is BCCCC(OC)(OC)OC. The molecule has 0 heterocycles. The first kappa shape index (κ1) is 10.9. The molecule has 0 saturated heterocycles. The molecule has 0 aliphatic carbocycles. The minimum atomic E-state index is -0.823. The Morgan fingerprint density at radius 3 is 1.82 bits per heavy atom. The summed E-state index contributed by atoms with van der Waals surface area (Å²) in [5.41, 5.74) is 0. The van der Waals surface area contributed by atoms with Crippen molar-refractivity contribution in [3.8, 4) is 0 Å². The van der Waals surface area contributed by atoms with Crippen LogP contribution in [0.4, 0.5) is 0 Å². The second-order valence-electron chi connectivity index (χ2n) is 2.40. The van der Waals surface area contributed by atoms with Gasteiger partial charge in [-0.2, -0.15) is 0 Å². The van der Waals surface area contributed by atoms with E-state index in [4.69, 9.17) is 14.2 Å². The van der Waals surface area contributed by atoms with Crippen LogP contribution >= 0.6 is 0 Å². The Kier molecular flexibility index (Phi) is 5.55. The first-order valence-electron chi connectivity index (χ1n) is 3.90. The number of rotatable bonds is 6. The standard InChI is InChI=1S/C7H17BO3/c1-9-7(10-2,11-3)5-4-6-8/h4-6,8H2,1-3H3. The van der Waals surface area contributed by atoms with E-state index in [-0.39, 0.29) is 0 Å². The van der Waals surface area contributed by atoms with Crippen LogP contribution in [-0.4, -0.2) is 35.1 Å². The van der Waals surface area contributed by atoms with Crippen LogP contribution in [0.2, 0.25) is 6.32 Å². The summed E-state index contributed by atoms with van der Waals surface area (Å²) >= 11 is 0. The average Bonchev–Trinajstić information content (AvgIpc) is 2.08. The first-order valence-corrected chi connectivity index (χ1v) is 3.90. The molecule has 0 unspecified atom stereocenters. The van der Waals surface area contributed by atoms with Crippen molar-refractivity contribution in [3.63, 3.8) is 0 Å². The Morgan fingerprint density at radius 1 is 1.09 bits per heavy atom. The summed E-state index contributed by atoms with van der Waals surface area (Å²) in [7, 11) is 6.87. The van der Waals surface area contributed by atoms with Crippen molar-refractivity contribution >= 4 is 7.85 Å². The summed E-state index contributed by atoms with van der Waals surface area (Å²) < 4.78 is 15.3. The largest absolute Gasteiger partial charge is 0.331 e. The maximum absolute atomic E-state index is 5.09. The molecule has 0 aromatic heterocycles. The van der Waals surface area contributed by atoms with Gasteiger partial charge in [-0.1, -0.05) is 12.7 Å². The van der Waals surface area contributed by atoms with E-state index in [1.165, 1.54) is 0 Å². The van der Waals surface area contributed by atoms with Gasteiger partial charge in [0.05, 0.1) is 0 Å². The predicted octanol–water partition coefficient (Wildman–Crippen LogP) is 0.411. The van der Waals surface area contributed by atoms with Crippen LogP contribution in [0.5, 0.6) is 0 Å². The number of methoxy groups -OCH3 is 3. The zero-order valence-corrected chi connectivity index (χ0v) is 7.85. The highest BCUT2D eigenvalue weighted by molar-refractivity contribution is 6.08. The Bertz CT molecular complexity index is 85.4. The fraction of sp³-hybridized carbons (Fsp3) is 1.00. The first-order chi connectivity index (χ1) is 5.24. The smallest absolute Gasteiger partial charge is 0.282 e. The van der Waals surface area contributed by atoms with Crippen molar-refractivity contribution in [3.05, 3.63) is 0 Å². The van der Waals surface area contributed by atoms with Gasteiger partial charge < -0.3 is 14.2 Å². The van der Waals surface area contributed by atoms with Crippen LogP contribution < -0.4 is 0 Å². The van der Waals surface area contributed by atoms with Gasteiger partial charge in [0, 0.05) is 27.8 Å². The van der Waals surface area contributed by atoms with Gasteiger partial charge in [-0.3, -0.25) is 0 Å². The molecule has 0 aliphatic heterocycles. The summed E-state index contributed by atoms with van der Waals surface area (Å²) in [6.07, 6.45) is 2.92. The van der Waals surface area contributed by atoms with Crippen LogP contribution in [-0.2, 0) is 14.2 Å². The fourth-order valence-corrected chi connectivity index (χ4v) is 0.949. The Labute approximate surface area is 69.4 Å². The van der Waals surface area contributed by atoms with E-state index in [0.717, 1.165) is 19.2 Å².